The van der Waals surface area contributed by atoms with Gasteiger partial charge in [0.25, 0.3) is 5.69 Å². The Morgan fingerprint density at radius 3 is 2.62 bits per heavy atom. The van der Waals surface area contributed by atoms with E-state index in [0.29, 0.717) is 31.7 Å². The summed E-state index contributed by atoms with van der Waals surface area (Å²) in [5.74, 6) is -0.745. The quantitative estimate of drug-likeness (QED) is 0.526. The van der Waals surface area contributed by atoms with Gasteiger partial charge in [-0.15, -0.1) is 0 Å². The van der Waals surface area contributed by atoms with Gasteiger partial charge in [-0.25, -0.2) is 4.39 Å². The van der Waals surface area contributed by atoms with Crippen LogP contribution < -0.4 is 0 Å². The van der Waals surface area contributed by atoms with Gasteiger partial charge < -0.3 is 14.6 Å². The molecule has 1 fully saturated rings. The molecule has 0 aliphatic carbocycles. The molecule has 0 radical (unpaired) electrons. The second-order valence-electron chi connectivity index (χ2n) is 7.03. The molecule has 0 bridgehead atoms. The number of nitro benzene ring substituents is 1. The number of hydrogen-bond donors (Lipinski definition) is 1. The number of ether oxygens (including phenoxy) is 1. The number of aromatic nitrogens is 1. The molecule has 8 heteroatoms. The molecule has 7 nitrogen and oxygen atoms in total. The highest BCUT2D eigenvalue weighted by Crippen LogP contribution is 2.35. The highest BCUT2D eigenvalue weighted by Gasteiger charge is 2.26. The summed E-state index contributed by atoms with van der Waals surface area (Å²) >= 11 is 0. The summed E-state index contributed by atoms with van der Waals surface area (Å²) in [5, 5.41) is 11.9. The molecule has 2 heterocycles. The fourth-order valence-electron chi connectivity index (χ4n) is 3.75. The van der Waals surface area contributed by atoms with Crippen molar-refractivity contribution in [2.75, 3.05) is 26.3 Å². The minimum Gasteiger partial charge on any atom is -0.378 e. The molecule has 3 aromatic rings. The number of benzene rings is 2. The molecule has 1 N–H and O–H groups in total. The number of aromatic amines is 1. The molecular formula is C21H20FN3O4. The zero-order valence-electron chi connectivity index (χ0n) is 15.6. The van der Waals surface area contributed by atoms with E-state index in [0.717, 1.165) is 16.6 Å². The van der Waals surface area contributed by atoms with Crippen molar-refractivity contribution >= 4 is 22.5 Å². The molecule has 1 aliphatic heterocycles. The van der Waals surface area contributed by atoms with Crippen LogP contribution in [0.15, 0.2) is 48.7 Å². The normalized spacial score (nSPS) is 15.4. The molecule has 1 atom stereocenters. The van der Waals surface area contributed by atoms with Crippen LogP contribution in [0.5, 0.6) is 0 Å². The van der Waals surface area contributed by atoms with Crippen LogP contribution in [0.2, 0.25) is 0 Å². The van der Waals surface area contributed by atoms with Crippen LogP contribution in [-0.2, 0) is 9.53 Å². The smallest absolute Gasteiger partial charge is 0.270 e. The highest BCUT2D eigenvalue weighted by atomic mass is 19.1. The van der Waals surface area contributed by atoms with E-state index >= 15 is 0 Å². The van der Waals surface area contributed by atoms with Crippen molar-refractivity contribution in [2.24, 2.45) is 0 Å². The average Bonchev–Trinajstić information content (AvgIpc) is 3.16. The first kappa shape index (κ1) is 19.1. The molecule has 150 valence electrons. The van der Waals surface area contributed by atoms with Crippen LogP contribution in [-0.4, -0.2) is 47.0 Å². The molecule has 1 aliphatic rings. The summed E-state index contributed by atoms with van der Waals surface area (Å²) in [6.45, 7) is 2.08. The van der Waals surface area contributed by atoms with Gasteiger partial charge in [0, 0.05) is 54.7 Å². The Kier molecular flexibility index (Phi) is 5.26. The van der Waals surface area contributed by atoms with Crippen LogP contribution in [0, 0.1) is 15.9 Å². The first-order valence-electron chi connectivity index (χ1n) is 9.39. The van der Waals surface area contributed by atoms with Crippen molar-refractivity contribution < 1.29 is 18.8 Å². The Labute approximate surface area is 166 Å². The fraction of sp³-hybridized carbons (Fsp3) is 0.286. The van der Waals surface area contributed by atoms with Gasteiger partial charge in [0.15, 0.2) is 0 Å². The number of morpholine rings is 1. The maximum Gasteiger partial charge on any atom is 0.270 e. The standard InChI is InChI=1S/C21H20FN3O4/c22-15-3-1-14(2-4-15)17(12-21(26)24-7-9-29-10-8-24)19-13-23-20-6-5-16(25(27)28)11-18(19)20/h1-6,11,13,17,23H,7-10,12H2/t17-/m0/s1. The van der Waals surface area contributed by atoms with Gasteiger partial charge in [-0.05, 0) is 29.3 Å². The van der Waals surface area contributed by atoms with Crippen LogP contribution >= 0.6 is 0 Å². The number of nitro groups is 1. The highest BCUT2D eigenvalue weighted by molar-refractivity contribution is 5.87. The van der Waals surface area contributed by atoms with Crippen molar-refractivity contribution in [3.8, 4) is 0 Å². The zero-order valence-corrected chi connectivity index (χ0v) is 15.6. The summed E-state index contributed by atoms with van der Waals surface area (Å²) in [4.78, 5) is 28.6. The number of halogens is 1. The fourth-order valence-corrected chi connectivity index (χ4v) is 3.75. The Hall–Kier alpha value is -3.26. The van der Waals surface area contributed by atoms with Gasteiger partial charge in [0.1, 0.15) is 5.82 Å². The topological polar surface area (TPSA) is 88.5 Å². The Balaban J connectivity index is 1.74. The number of non-ortho nitro benzene ring substituents is 1. The van der Waals surface area contributed by atoms with Crippen LogP contribution in [0.1, 0.15) is 23.5 Å². The zero-order chi connectivity index (χ0) is 20.4. The number of hydrogen-bond acceptors (Lipinski definition) is 4. The molecular weight excluding hydrogens is 377 g/mol. The molecule has 29 heavy (non-hydrogen) atoms. The van der Waals surface area contributed by atoms with Crippen molar-refractivity contribution in [1.82, 2.24) is 9.88 Å². The molecule has 1 saturated heterocycles. The second-order valence-corrected chi connectivity index (χ2v) is 7.03. The molecule has 4 rings (SSSR count). The number of rotatable bonds is 5. The summed E-state index contributed by atoms with van der Waals surface area (Å²) in [5.41, 5.74) is 2.28. The van der Waals surface area contributed by atoms with Crippen molar-refractivity contribution in [3.63, 3.8) is 0 Å². The van der Waals surface area contributed by atoms with Crippen molar-refractivity contribution in [3.05, 3.63) is 75.7 Å². The van der Waals surface area contributed by atoms with Crippen molar-refractivity contribution in [2.45, 2.75) is 12.3 Å². The monoisotopic (exact) mass is 397 g/mol. The lowest BCUT2D eigenvalue weighted by atomic mass is 9.87. The first-order chi connectivity index (χ1) is 14.0. The third kappa shape index (κ3) is 3.97. The molecule has 1 amide bonds. The largest absolute Gasteiger partial charge is 0.378 e. The van der Waals surface area contributed by atoms with E-state index in [1.54, 1.807) is 29.3 Å². The predicted octanol–water partition coefficient (Wildman–Crippen LogP) is 3.60. The predicted molar refractivity (Wildman–Crippen MR) is 105 cm³/mol. The lowest BCUT2D eigenvalue weighted by Crippen LogP contribution is -2.41. The summed E-state index contributed by atoms with van der Waals surface area (Å²) < 4.78 is 18.8. The first-order valence-corrected chi connectivity index (χ1v) is 9.39. The van der Waals surface area contributed by atoms with Gasteiger partial charge in [0.05, 0.1) is 18.1 Å². The van der Waals surface area contributed by atoms with E-state index in [-0.39, 0.29) is 29.8 Å². The lowest BCUT2D eigenvalue weighted by molar-refractivity contribution is -0.384. The summed E-state index contributed by atoms with van der Waals surface area (Å²) in [7, 11) is 0. The number of H-pyrrole nitrogens is 1. The Morgan fingerprint density at radius 1 is 1.21 bits per heavy atom. The molecule has 0 unspecified atom stereocenters. The molecule has 0 spiro atoms. The SMILES string of the molecule is O=C(C[C@@H](c1ccc(F)cc1)c1c[nH]c2ccc([N+](=O)[O-])cc12)N1CCOCC1. The Morgan fingerprint density at radius 2 is 1.93 bits per heavy atom. The second kappa shape index (κ2) is 8.00. The summed E-state index contributed by atoms with van der Waals surface area (Å²) in [6, 6.07) is 10.6. The number of amides is 1. The molecule has 1 aromatic heterocycles. The Bertz CT molecular complexity index is 1040. The van der Waals surface area contributed by atoms with Gasteiger partial charge >= 0.3 is 0 Å². The van der Waals surface area contributed by atoms with Crippen LogP contribution in [0.4, 0.5) is 10.1 Å². The maximum absolute atomic E-state index is 13.5. The van der Waals surface area contributed by atoms with Crippen LogP contribution in [0.3, 0.4) is 0 Å². The van der Waals surface area contributed by atoms with E-state index in [9.17, 15) is 19.3 Å². The number of fused-ring (bicyclic) bond motifs is 1. The van der Waals surface area contributed by atoms with Gasteiger partial charge in [0.2, 0.25) is 5.91 Å². The van der Waals surface area contributed by atoms with Gasteiger partial charge in [-0.1, -0.05) is 12.1 Å². The third-order valence-corrected chi connectivity index (χ3v) is 5.30. The minimum atomic E-state index is -0.442. The third-order valence-electron chi connectivity index (χ3n) is 5.30. The number of carbonyl (C=O) groups excluding carboxylic acids is 1. The maximum atomic E-state index is 13.5. The van der Waals surface area contributed by atoms with Gasteiger partial charge in [-0.2, -0.15) is 0 Å². The lowest BCUT2D eigenvalue weighted by Gasteiger charge is -2.28. The molecule has 0 saturated carbocycles. The van der Waals surface area contributed by atoms with Gasteiger partial charge in [-0.3, -0.25) is 14.9 Å². The van der Waals surface area contributed by atoms with Crippen molar-refractivity contribution in [1.29, 1.82) is 0 Å². The summed E-state index contributed by atoms with van der Waals surface area (Å²) in [6.07, 6.45) is 1.95. The van der Waals surface area contributed by atoms with Crippen LogP contribution in [0.25, 0.3) is 10.9 Å². The van der Waals surface area contributed by atoms with E-state index in [1.807, 2.05) is 0 Å². The number of carbonyl (C=O) groups is 1. The van der Waals surface area contributed by atoms with E-state index in [1.165, 1.54) is 24.3 Å². The van der Waals surface area contributed by atoms with E-state index in [4.69, 9.17) is 4.74 Å². The van der Waals surface area contributed by atoms with E-state index in [2.05, 4.69) is 4.98 Å². The number of nitrogens with one attached hydrogen (secondary N) is 1. The van der Waals surface area contributed by atoms with E-state index < -0.39 is 4.92 Å². The molecule has 2 aromatic carbocycles. The average molecular weight is 397 g/mol. The number of nitrogens with zero attached hydrogens (tertiary/aromatic N) is 2. The minimum absolute atomic E-state index is 0.0179.